The van der Waals surface area contributed by atoms with Crippen LogP contribution in [0.5, 0.6) is 0 Å². The van der Waals surface area contributed by atoms with Crippen molar-refractivity contribution >= 4 is 80.0 Å². The fourth-order valence-electron chi connectivity index (χ4n) is 7.58. The van der Waals surface area contributed by atoms with E-state index in [1.165, 1.54) is 43.8 Å². The Morgan fingerprint density at radius 1 is 0.276 bits per heavy atom. The summed E-state index contributed by atoms with van der Waals surface area (Å²) in [6.45, 7) is 4.25. The van der Waals surface area contributed by atoms with Gasteiger partial charge in [0.1, 0.15) is 0 Å². The highest BCUT2D eigenvalue weighted by molar-refractivity contribution is 6.09. The number of nitrogens with zero attached hydrogens (tertiary/aromatic N) is 2. The predicted molar refractivity (Wildman–Crippen MR) is 251 cm³/mol. The molecule has 2 heteroatoms. The second kappa shape index (κ2) is 16.4. The molecule has 0 radical (unpaired) electrons. The Kier molecular flexibility index (Phi) is 10.2. The Morgan fingerprint density at radius 3 is 0.914 bits per heavy atom. The van der Waals surface area contributed by atoms with Crippen LogP contribution in [0.1, 0.15) is 33.4 Å². The molecule has 2 nitrogen and oxygen atoms in total. The number of anilines is 6. The fourth-order valence-corrected chi connectivity index (χ4v) is 7.58. The zero-order valence-corrected chi connectivity index (χ0v) is 32.8. The minimum Gasteiger partial charge on any atom is -0.311 e. The maximum absolute atomic E-state index is 2.32. The summed E-state index contributed by atoms with van der Waals surface area (Å²) < 4.78 is 0. The topological polar surface area (TPSA) is 6.48 Å². The minimum atomic E-state index is 1.12. The average molecular weight is 745 g/mol. The molecule has 0 amide bonds. The predicted octanol–water partition coefficient (Wildman–Crippen LogP) is 15.9. The standard InChI is InChI=1S/C56H44N2/c1-41-13-31-51(32-14-41)57(49-9-5-3-6-10-49)53-35-23-43(24-36-53)17-19-45-21-27-47-29-30-48-28-22-46(40-56(48)55(47)39-45)20-18-44-25-37-54(38-26-44)58(50-11-7-4-8-12-50)52-33-15-42(2)16-34-52/h3-40H,1-2H3/b19-17-,20-18-. The van der Waals surface area contributed by atoms with Gasteiger partial charge < -0.3 is 9.80 Å². The Bertz CT molecular complexity index is 2650. The molecule has 0 bridgehead atoms. The van der Waals surface area contributed by atoms with Crippen LogP contribution in [0.4, 0.5) is 34.1 Å². The van der Waals surface area contributed by atoms with Gasteiger partial charge in [0.05, 0.1) is 0 Å². The van der Waals surface area contributed by atoms with Crippen molar-refractivity contribution < 1.29 is 0 Å². The first-order chi connectivity index (χ1) is 28.5. The van der Waals surface area contributed by atoms with Crippen LogP contribution in [0.3, 0.4) is 0 Å². The smallest absolute Gasteiger partial charge is 0.0462 e. The zero-order valence-electron chi connectivity index (χ0n) is 32.8. The van der Waals surface area contributed by atoms with Crippen LogP contribution < -0.4 is 9.80 Å². The molecule has 0 atom stereocenters. The molecule has 9 aromatic carbocycles. The van der Waals surface area contributed by atoms with Crippen molar-refractivity contribution in [1.29, 1.82) is 0 Å². The van der Waals surface area contributed by atoms with Gasteiger partial charge in [-0.05, 0) is 143 Å². The van der Waals surface area contributed by atoms with Crippen LogP contribution >= 0.6 is 0 Å². The molecule has 9 aromatic rings. The Labute approximate surface area is 341 Å². The second-order valence-electron chi connectivity index (χ2n) is 14.9. The Balaban J connectivity index is 0.951. The van der Waals surface area contributed by atoms with Gasteiger partial charge in [0, 0.05) is 34.1 Å². The normalized spacial score (nSPS) is 11.5. The summed E-state index contributed by atoms with van der Waals surface area (Å²) in [6.07, 6.45) is 8.84. The molecular formula is C56H44N2. The summed E-state index contributed by atoms with van der Waals surface area (Å²) in [5.74, 6) is 0. The van der Waals surface area contributed by atoms with Crippen molar-refractivity contribution in [2.45, 2.75) is 13.8 Å². The molecule has 278 valence electrons. The fraction of sp³-hybridized carbons (Fsp3) is 0.0357. The highest BCUT2D eigenvalue weighted by Crippen LogP contribution is 2.36. The first-order valence-corrected chi connectivity index (χ1v) is 19.9. The van der Waals surface area contributed by atoms with Gasteiger partial charge in [-0.1, -0.05) is 157 Å². The lowest BCUT2D eigenvalue weighted by atomic mass is 9.97. The van der Waals surface area contributed by atoms with E-state index in [-0.39, 0.29) is 0 Å². The third kappa shape index (κ3) is 7.95. The van der Waals surface area contributed by atoms with Crippen LogP contribution in [0.15, 0.2) is 206 Å². The molecule has 58 heavy (non-hydrogen) atoms. The van der Waals surface area contributed by atoms with E-state index in [1.54, 1.807) is 0 Å². The number of aryl methyl sites for hydroxylation is 2. The molecule has 0 aliphatic carbocycles. The van der Waals surface area contributed by atoms with Gasteiger partial charge >= 0.3 is 0 Å². The zero-order chi connectivity index (χ0) is 39.3. The molecule has 0 heterocycles. The van der Waals surface area contributed by atoms with Crippen LogP contribution in [-0.4, -0.2) is 0 Å². The van der Waals surface area contributed by atoms with Crippen molar-refractivity contribution in [3.8, 4) is 0 Å². The third-order valence-electron chi connectivity index (χ3n) is 10.7. The van der Waals surface area contributed by atoms with E-state index < -0.39 is 0 Å². The summed E-state index contributed by atoms with van der Waals surface area (Å²) in [7, 11) is 0. The monoisotopic (exact) mass is 744 g/mol. The van der Waals surface area contributed by atoms with E-state index in [0.29, 0.717) is 0 Å². The van der Waals surface area contributed by atoms with Gasteiger partial charge in [-0.3, -0.25) is 0 Å². The van der Waals surface area contributed by atoms with E-state index in [9.17, 15) is 0 Å². The number of fused-ring (bicyclic) bond motifs is 3. The Morgan fingerprint density at radius 2 is 0.552 bits per heavy atom. The quantitative estimate of drug-likeness (QED) is 0.102. The maximum atomic E-state index is 2.32. The highest BCUT2D eigenvalue weighted by atomic mass is 15.1. The Hall–Kier alpha value is -7.42. The SMILES string of the molecule is Cc1ccc(N(c2ccccc2)c2ccc(/C=C\c3ccc4ccc5ccc(/C=C\c6ccc(N(c7ccccc7)c7ccc(C)cc7)cc6)cc5c4c3)cc2)cc1. The van der Waals surface area contributed by atoms with Crippen molar-refractivity contribution in [1.82, 2.24) is 0 Å². The van der Waals surface area contributed by atoms with Crippen LogP contribution in [0.2, 0.25) is 0 Å². The first kappa shape index (κ1) is 36.2. The first-order valence-electron chi connectivity index (χ1n) is 19.9. The van der Waals surface area contributed by atoms with Gasteiger partial charge in [-0.15, -0.1) is 0 Å². The van der Waals surface area contributed by atoms with Crippen molar-refractivity contribution in [2.75, 3.05) is 9.80 Å². The molecule has 0 spiro atoms. The average Bonchev–Trinajstić information content (AvgIpc) is 3.28. The minimum absolute atomic E-state index is 1.12. The molecule has 0 aromatic heterocycles. The lowest BCUT2D eigenvalue weighted by Gasteiger charge is -2.25. The molecule has 0 saturated carbocycles. The lowest BCUT2D eigenvalue weighted by molar-refractivity contribution is 1.27. The number of para-hydroxylation sites is 2. The van der Waals surface area contributed by atoms with E-state index in [2.05, 4.69) is 254 Å². The molecule has 0 saturated heterocycles. The van der Waals surface area contributed by atoms with E-state index in [0.717, 1.165) is 45.3 Å². The molecule has 0 N–H and O–H groups in total. The van der Waals surface area contributed by atoms with Crippen molar-refractivity contribution in [3.05, 3.63) is 240 Å². The summed E-state index contributed by atoms with van der Waals surface area (Å²) in [5, 5.41) is 4.98. The lowest BCUT2D eigenvalue weighted by Crippen LogP contribution is -2.09. The summed E-state index contributed by atoms with van der Waals surface area (Å²) in [5.41, 5.74) is 13.9. The molecule has 9 rings (SSSR count). The molecule has 0 fully saturated rings. The van der Waals surface area contributed by atoms with Crippen LogP contribution in [0, 0.1) is 13.8 Å². The summed E-state index contributed by atoms with van der Waals surface area (Å²) in [4.78, 5) is 4.60. The van der Waals surface area contributed by atoms with Gasteiger partial charge in [-0.2, -0.15) is 0 Å². The van der Waals surface area contributed by atoms with Crippen molar-refractivity contribution in [2.24, 2.45) is 0 Å². The molecule has 0 unspecified atom stereocenters. The van der Waals surface area contributed by atoms with Crippen LogP contribution in [0.25, 0.3) is 45.8 Å². The maximum Gasteiger partial charge on any atom is 0.0462 e. The van der Waals surface area contributed by atoms with E-state index >= 15 is 0 Å². The summed E-state index contributed by atoms with van der Waals surface area (Å²) in [6, 6.07) is 74.1. The number of hydrogen-bond acceptors (Lipinski definition) is 2. The molecule has 0 aliphatic rings. The number of benzene rings is 9. The molecular weight excluding hydrogens is 701 g/mol. The van der Waals surface area contributed by atoms with Crippen molar-refractivity contribution in [3.63, 3.8) is 0 Å². The van der Waals surface area contributed by atoms with Gasteiger partial charge in [-0.25, -0.2) is 0 Å². The highest BCUT2D eigenvalue weighted by Gasteiger charge is 2.13. The van der Waals surface area contributed by atoms with Gasteiger partial charge in [0.2, 0.25) is 0 Å². The van der Waals surface area contributed by atoms with Gasteiger partial charge in [0.25, 0.3) is 0 Å². The third-order valence-corrected chi connectivity index (χ3v) is 10.7. The van der Waals surface area contributed by atoms with E-state index in [1.807, 2.05) is 0 Å². The summed E-state index contributed by atoms with van der Waals surface area (Å²) >= 11 is 0. The van der Waals surface area contributed by atoms with Gasteiger partial charge in [0.15, 0.2) is 0 Å². The van der Waals surface area contributed by atoms with Crippen LogP contribution in [-0.2, 0) is 0 Å². The second-order valence-corrected chi connectivity index (χ2v) is 14.9. The number of hydrogen-bond donors (Lipinski definition) is 0. The van der Waals surface area contributed by atoms with E-state index in [4.69, 9.17) is 0 Å². The molecule has 0 aliphatic heterocycles. The largest absolute Gasteiger partial charge is 0.311 e. The number of rotatable bonds is 10.